The third-order valence-electron chi connectivity index (χ3n) is 2.78. The van der Waals surface area contributed by atoms with Crippen LogP contribution in [0.2, 0.25) is 0 Å². The second-order valence-corrected chi connectivity index (χ2v) is 6.67. The standard InChI is InChI=1S/C14H21N3S2/c1-3-6-15-7-13-4-5-14(19-13)9-17(2)8-12-10-18-11-16-12/h4-5,10-11,15H,3,6-9H2,1-2H3. The number of rotatable bonds is 8. The van der Waals surface area contributed by atoms with Gasteiger partial charge in [0.1, 0.15) is 0 Å². The molecule has 0 unspecified atom stereocenters. The van der Waals surface area contributed by atoms with Crippen LogP contribution in [0, 0.1) is 0 Å². The van der Waals surface area contributed by atoms with Gasteiger partial charge < -0.3 is 5.32 Å². The molecule has 1 N–H and O–H groups in total. The van der Waals surface area contributed by atoms with Crippen LogP contribution in [-0.4, -0.2) is 23.5 Å². The first-order valence-corrected chi connectivity index (χ1v) is 8.37. The van der Waals surface area contributed by atoms with Gasteiger partial charge in [-0.15, -0.1) is 22.7 Å². The van der Waals surface area contributed by atoms with Gasteiger partial charge in [0, 0.05) is 34.8 Å². The van der Waals surface area contributed by atoms with Gasteiger partial charge in [0.25, 0.3) is 0 Å². The number of nitrogens with zero attached hydrogens (tertiary/aromatic N) is 2. The molecule has 2 rings (SSSR count). The summed E-state index contributed by atoms with van der Waals surface area (Å²) >= 11 is 3.56. The van der Waals surface area contributed by atoms with Crippen molar-refractivity contribution in [1.82, 2.24) is 15.2 Å². The van der Waals surface area contributed by atoms with E-state index in [4.69, 9.17) is 0 Å². The van der Waals surface area contributed by atoms with Gasteiger partial charge in [-0.3, -0.25) is 4.90 Å². The third-order valence-corrected chi connectivity index (χ3v) is 4.49. The lowest BCUT2D eigenvalue weighted by Gasteiger charge is -2.13. The number of thiazole rings is 1. The average Bonchev–Trinajstić information content (AvgIpc) is 3.02. The number of nitrogens with one attached hydrogen (secondary N) is 1. The highest BCUT2D eigenvalue weighted by Crippen LogP contribution is 2.18. The number of thiophene rings is 1. The van der Waals surface area contributed by atoms with Gasteiger partial charge in [0.15, 0.2) is 0 Å². The summed E-state index contributed by atoms with van der Waals surface area (Å²) in [4.78, 5) is 9.48. The number of hydrogen-bond donors (Lipinski definition) is 1. The van der Waals surface area contributed by atoms with Crippen molar-refractivity contribution in [2.45, 2.75) is 33.0 Å². The Morgan fingerprint density at radius 2 is 2.11 bits per heavy atom. The summed E-state index contributed by atoms with van der Waals surface area (Å²) in [6, 6.07) is 4.48. The van der Waals surface area contributed by atoms with Crippen LogP contribution in [0.1, 0.15) is 28.8 Å². The van der Waals surface area contributed by atoms with Crippen molar-refractivity contribution in [3.05, 3.63) is 38.5 Å². The van der Waals surface area contributed by atoms with Gasteiger partial charge in [-0.25, -0.2) is 4.98 Å². The molecule has 104 valence electrons. The summed E-state index contributed by atoms with van der Waals surface area (Å²) in [5.74, 6) is 0. The van der Waals surface area contributed by atoms with Crippen molar-refractivity contribution in [2.75, 3.05) is 13.6 Å². The van der Waals surface area contributed by atoms with Crippen LogP contribution < -0.4 is 5.32 Å². The molecule has 3 nitrogen and oxygen atoms in total. The fourth-order valence-electron chi connectivity index (χ4n) is 1.90. The zero-order valence-electron chi connectivity index (χ0n) is 11.6. The molecule has 0 bridgehead atoms. The van der Waals surface area contributed by atoms with Gasteiger partial charge in [-0.2, -0.15) is 0 Å². The van der Waals surface area contributed by atoms with Crippen molar-refractivity contribution in [1.29, 1.82) is 0 Å². The summed E-state index contributed by atoms with van der Waals surface area (Å²) in [6.07, 6.45) is 1.19. The molecule has 0 radical (unpaired) electrons. The molecule has 5 heteroatoms. The molecule has 0 aromatic carbocycles. The van der Waals surface area contributed by atoms with Crippen LogP contribution in [0.4, 0.5) is 0 Å². The Hall–Kier alpha value is -0.750. The molecule has 0 aliphatic carbocycles. The van der Waals surface area contributed by atoms with E-state index < -0.39 is 0 Å². The zero-order valence-corrected chi connectivity index (χ0v) is 13.2. The van der Waals surface area contributed by atoms with E-state index in [0.717, 1.165) is 31.9 Å². The molecular formula is C14H21N3S2. The summed E-state index contributed by atoms with van der Waals surface area (Å²) in [7, 11) is 2.15. The first kappa shape index (κ1) is 14.7. The molecule has 0 spiro atoms. The van der Waals surface area contributed by atoms with E-state index in [0.29, 0.717) is 0 Å². The average molecular weight is 295 g/mol. The Kier molecular flexibility index (Phi) is 5.97. The van der Waals surface area contributed by atoms with Crippen LogP contribution in [-0.2, 0) is 19.6 Å². The molecule has 2 aromatic rings. The maximum absolute atomic E-state index is 4.32. The summed E-state index contributed by atoms with van der Waals surface area (Å²) < 4.78 is 0. The van der Waals surface area contributed by atoms with Crippen molar-refractivity contribution >= 4 is 22.7 Å². The Labute approximate surface area is 123 Å². The summed E-state index contributed by atoms with van der Waals surface area (Å²) in [5.41, 5.74) is 3.06. The van der Waals surface area contributed by atoms with Crippen LogP contribution in [0.25, 0.3) is 0 Å². The summed E-state index contributed by atoms with van der Waals surface area (Å²) in [5, 5.41) is 5.56. The topological polar surface area (TPSA) is 28.2 Å². The molecule has 0 amide bonds. The van der Waals surface area contributed by atoms with Crippen LogP contribution in [0.15, 0.2) is 23.0 Å². The van der Waals surface area contributed by atoms with E-state index in [2.05, 4.69) is 46.7 Å². The minimum Gasteiger partial charge on any atom is -0.312 e. The second-order valence-electron chi connectivity index (χ2n) is 4.70. The second kappa shape index (κ2) is 7.75. The predicted molar refractivity (Wildman–Crippen MR) is 83.6 cm³/mol. The van der Waals surface area contributed by atoms with E-state index in [1.54, 1.807) is 11.3 Å². The van der Waals surface area contributed by atoms with E-state index in [1.165, 1.54) is 16.2 Å². The Morgan fingerprint density at radius 1 is 1.26 bits per heavy atom. The van der Waals surface area contributed by atoms with Crippen LogP contribution >= 0.6 is 22.7 Å². The van der Waals surface area contributed by atoms with Crippen LogP contribution in [0.5, 0.6) is 0 Å². The molecule has 0 fully saturated rings. The monoisotopic (exact) mass is 295 g/mol. The maximum Gasteiger partial charge on any atom is 0.0795 e. The van der Waals surface area contributed by atoms with Gasteiger partial charge in [-0.1, -0.05) is 6.92 Å². The molecule has 0 aliphatic rings. The SMILES string of the molecule is CCCNCc1ccc(CN(C)Cc2cscn2)s1. The van der Waals surface area contributed by atoms with E-state index in [1.807, 2.05) is 16.8 Å². The lowest BCUT2D eigenvalue weighted by atomic mass is 10.3. The first-order valence-electron chi connectivity index (χ1n) is 6.62. The maximum atomic E-state index is 4.32. The fourth-order valence-corrected chi connectivity index (χ4v) is 3.52. The normalized spacial score (nSPS) is 11.3. The van der Waals surface area contributed by atoms with E-state index in [9.17, 15) is 0 Å². The Bertz CT molecular complexity index is 465. The molecule has 2 heterocycles. The van der Waals surface area contributed by atoms with Crippen molar-refractivity contribution < 1.29 is 0 Å². The quantitative estimate of drug-likeness (QED) is 0.757. The highest BCUT2D eigenvalue weighted by Gasteiger charge is 2.05. The molecule has 19 heavy (non-hydrogen) atoms. The fraction of sp³-hybridized carbons (Fsp3) is 0.500. The van der Waals surface area contributed by atoms with Gasteiger partial charge in [0.2, 0.25) is 0 Å². The third kappa shape index (κ3) is 5.03. The predicted octanol–water partition coefficient (Wildman–Crippen LogP) is 3.34. The highest BCUT2D eigenvalue weighted by molar-refractivity contribution is 7.11. The smallest absolute Gasteiger partial charge is 0.0795 e. The van der Waals surface area contributed by atoms with Crippen molar-refractivity contribution in [3.63, 3.8) is 0 Å². The molecule has 0 saturated carbocycles. The van der Waals surface area contributed by atoms with Gasteiger partial charge in [0.05, 0.1) is 11.2 Å². The lowest BCUT2D eigenvalue weighted by Crippen LogP contribution is -2.16. The minimum atomic E-state index is 0.921. The van der Waals surface area contributed by atoms with Gasteiger partial charge in [-0.05, 0) is 32.1 Å². The number of hydrogen-bond acceptors (Lipinski definition) is 5. The Balaban J connectivity index is 1.78. The minimum absolute atomic E-state index is 0.921. The lowest BCUT2D eigenvalue weighted by molar-refractivity contribution is 0.318. The molecule has 2 aromatic heterocycles. The summed E-state index contributed by atoms with van der Waals surface area (Å²) in [6.45, 7) is 6.20. The van der Waals surface area contributed by atoms with Crippen LogP contribution in [0.3, 0.4) is 0 Å². The van der Waals surface area contributed by atoms with Crippen molar-refractivity contribution in [3.8, 4) is 0 Å². The molecular weight excluding hydrogens is 274 g/mol. The molecule has 0 saturated heterocycles. The van der Waals surface area contributed by atoms with E-state index >= 15 is 0 Å². The molecule has 0 atom stereocenters. The van der Waals surface area contributed by atoms with Crippen molar-refractivity contribution in [2.24, 2.45) is 0 Å². The van der Waals surface area contributed by atoms with E-state index in [-0.39, 0.29) is 0 Å². The van der Waals surface area contributed by atoms with Gasteiger partial charge >= 0.3 is 0 Å². The highest BCUT2D eigenvalue weighted by atomic mass is 32.1. The first-order chi connectivity index (χ1) is 9.28. The Morgan fingerprint density at radius 3 is 2.84 bits per heavy atom. The molecule has 0 aliphatic heterocycles. The zero-order chi connectivity index (χ0) is 13.5. The number of aromatic nitrogens is 1. The largest absolute Gasteiger partial charge is 0.312 e.